The molecule has 92 valence electrons. The predicted octanol–water partition coefficient (Wildman–Crippen LogP) is 1.74. The van der Waals surface area contributed by atoms with Gasteiger partial charge in [0, 0.05) is 23.6 Å². The van der Waals surface area contributed by atoms with Gasteiger partial charge in [-0.1, -0.05) is 0 Å². The summed E-state index contributed by atoms with van der Waals surface area (Å²) in [7, 11) is 0. The second kappa shape index (κ2) is 5.85. The molecule has 6 heteroatoms. The number of fused-ring (bicyclic) bond motifs is 1. The molecule has 0 saturated carbocycles. The van der Waals surface area contributed by atoms with Crippen molar-refractivity contribution in [3.63, 3.8) is 0 Å². The number of nitrogens with one attached hydrogen (secondary N) is 1. The highest BCUT2D eigenvalue weighted by Crippen LogP contribution is 2.19. The number of halogens is 2. The van der Waals surface area contributed by atoms with Crippen LogP contribution in [-0.2, 0) is 6.42 Å². The maximum Gasteiger partial charge on any atom is 0.185 e. The third-order valence-corrected chi connectivity index (χ3v) is 2.40. The fraction of sp³-hybridized carbons (Fsp3) is 0.182. The third-order valence-electron chi connectivity index (χ3n) is 2.40. The molecular weight excluding hydrogens is 334 g/mol. The number of H-pyrrole nitrogens is 1. The van der Waals surface area contributed by atoms with Crippen molar-refractivity contribution < 1.29 is 4.39 Å². The monoisotopic (exact) mass is 348 g/mol. The van der Waals surface area contributed by atoms with E-state index >= 15 is 0 Å². The Kier molecular flexibility index (Phi) is 4.73. The summed E-state index contributed by atoms with van der Waals surface area (Å²) in [5.41, 5.74) is 12.4. The Balaban J connectivity index is 0.00000144. The molecule has 1 heterocycles. The van der Waals surface area contributed by atoms with E-state index in [0.29, 0.717) is 13.0 Å². The van der Waals surface area contributed by atoms with Crippen LogP contribution >= 0.6 is 24.0 Å². The summed E-state index contributed by atoms with van der Waals surface area (Å²) in [5, 5.41) is 0.880. The number of aromatic nitrogens is 1. The number of guanidine groups is 1. The summed E-state index contributed by atoms with van der Waals surface area (Å²) in [6, 6.07) is 4.66. The van der Waals surface area contributed by atoms with Crippen molar-refractivity contribution in [2.45, 2.75) is 6.42 Å². The van der Waals surface area contributed by atoms with Crippen molar-refractivity contribution in [2.24, 2.45) is 16.5 Å². The van der Waals surface area contributed by atoms with Gasteiger partial charge in [0.1, 0.15) is 5.82 Å². The Morgan fingerprint density at radius 1 is 1.35 bits per heavy atom. The van der Waals surface area contributed by atoms with Crippen LogP contribution in [0.4, 0.5) is 4.39 Å². The zero-order chi connectivity index (χ0) is 11.5. The fourth-order valence-corrected chi connectivity index (χ4v) is 1.66. The zero-order valence-electron chi connectivity index (χ0n) is 9.11. The van der Waals surface area contributed by atoms with Crippen molar-refractivity contribution in [3.8, 4) is 0 Å². The molecule has 1 aromatic carbocycles. The molecule has 5 N–H and O–H groups in total. The number of aromatic amines is 1. The minimum absolute atomic E-state index is 0. The van der Waals surface area contributed by atoms with E-state index in [1.54, 1.807) is 6.07 Å². The van der Waals surface area contributed by atoms with Crippen LogP contribution in [0.15, 0.2) is 29.4 Å². The SMILES string of the molecule is I.NC(N)=NCCc1c[nH]c2ccc(F)cc12. The lowest BCUT2D eigenvalue weighted by Crippen LogP contribution is -2.23. The topological polar surface area (TPSA) is 80.2 Å². The highest BCUT2D eigenvalue weighted by Gasteiger charge is 2.04. The number of rotatable bonds is 3. The molecule has 0 atom stereocenters. The second-order valence-electron chi connectivity index (χ2n) is 3.56. The van der Waals surface area contributed by atoms with Gasteiger partial charge in [-0.15, -0.1) is 24.0 Å². The molecule has 0 aliphatic carbocycles. The Morgan fingerprint density at radius 2 is 2.12 bits per heavy atom. The van der Waals surface area contributed by atoms with Gasteiger partial charge in [-0.3, -0.25) is 4.99 Å². The van der Waals surface area contributed by atoms with Gasteiger partial charge in [-0.25, -0.2) is 4.39 Å². The second-order valence-corrected chi connectivity index (χ2v) is 3.56. The molecule has 0 amide bonds. The predicted molar refractivity (Wildman–Crippen MR) is 78.1 cm³/mol. The number of hydrogen-bond donors (Lipinski definition) is 3. The normalized spacial score (nSPS) is 9.94. The Labute approximate surface area is 115 Å². The van der Waals surface area contributed by atoms with E-state index in [9.17, 15) is 4.39 Å². The van der Waals surface area contributed by atoms with Crippen molar-refractivity contribution >= 4 is 40.8 Å². The fourth-order valence-electron chi connectivity index (χ4n) is 1.66. The molecule has 0 fully saturated rings. The van der Waals surface area contributed by atoms with Crippen LogP contribution in [0.5, 0.6) is 0 Å². The summed E-state index contributed by atoms with van der Waals surface area (Å²) in [6.45, 7) is 0.506. The minimum Gasteiger partial charge on any atom is -0.370 e. The summed E-state index contributed by atoms with van der Waals surface area (Å²) >= 11 is 0. The van der Waals surface area contributed by atoms with E-state index in [1.807, 2.05) is 6.20 Å². The molecule has 0 aliphatic rings. The molecular formula is C11H14FIN4. The Morgan fingerprint density at radius 3 is 2.82 bits per heavy atom. The average molecular weight is 348 g/mol. The largest absolute Gasteiger partial charge is 0.370 e. The van der Waals surface area contributed by atoms with Crippen LogP contribution < -0.4 is 11.5 Å². The molecule has 0 bridgehead atoms. The number of benzene rings is 1. The molecule has 1 aromatic heterocycles. The van der Waals surface area contributed by atoms with Crippen LogP contribution in [0.3, 0.4) is 0 Å². The van der Waals surface area contributed by atoms with Gasteiger partial charge in [0.15, 0.2) is 5.96 Å². The molecule has 0 radical (unpaired) electrons. The van der Waals surface area contributed by atoms with E-state index < -0.39 is 0 Å². The number of aliphatic imine (C=N–C) groups is 1. The van der Waals surface area contributed by atoms with E-state index in [2.05, 4.69) is 9.98 Å². The smallest absolute Gasteiger partial charge is 0.185 e. The highest BCUT2D eigenvalue weighted by molar-refractivity contribution is 14.0. The van der Waals surface area contributed by atoms with Gasteiger partial charge in [-0.2, -0.15) is 0 Å². The molecule has 0 spiro atoms. The molecule has 0 aliphatic heterocycles. The summed E-state index contributed by atoms with van der Waals surface area (Å²) in [4.78, 5) is 6.97. The first kappa shape index (κ1) is 13.8. The van der Waals surface area contributed by atoms with Crippen LogP contribution in [0.1, 0.15) is 5.56 Å². The van der Waals surface area contributed by atoms with Crippen LogP contribution in [0.2, 0.25) is 0 Å². The standard InChI is InChI=1S/C11H13FN4.HI/c12-8-1-2-10-9(5-8)7(6-16-10)3-4-15-11(13)14;/h1-2,5-6,16H,3-4H2,(H4,13,14,15);1H. The zero-order valence-corrected chi connectivity index (χ0v) is 11.4. The van der Waals surface area contributed by atoms with Crippen LogP contribution in [-0.4, -0.2) is 17.5 Å². The first-order chi connectivity index (χ1) is 7.66. The lowest BCUT2D eigenvalue weighted by atomic mass is 10.1. The van der Waals surface area contributed by atoms with Crippen molar-refractivity contribution in [1.82, 2.24) is 4.98 Å². The number of nitrogens with two attached hydrogens (primary N) is 2. The van der Waals surface area contributed by atoms with Crippen molar-refractivity contribution in [3.05, 3.63) is 35.8 Å². The van der Waals surface area contributed by atoms with Gasteiger partial charge in [0.05, 0.1) is 0 Å². The van der Waals surface area contributed by atoms with Crippen LogP contribution in [0.25, 0.3) is 10.9 Å². The highest BCUT2D eigenvalue weighted by atomic mass is 127. The lowest BCUT2D eigenvalue weighted by molar-refractivity contribution is 0.629. The van der Waals surface area contributed by atoms with Gasteiger partial charge < -0.3 is 16.5 Å². The van der Waals surface area contributed by atoms with E-state index in [1.165, 1.54) is 12.1 Å². The quantitative estimate of drug-likeness (QED) is 0.449. The molecule has 17 heavy (non-hydrogen) atoms. The molecule has 2 aromatic rings. The van der Waals surface area contributed by atoms with Crippen LogP contribution in [0, 0.1) is 5.82 Å². The first-order valence-electron chi connectivity index (χ1n) is 4.98. The summed E-state index contributed by atoms with van der Waals surface area (Å²) in [5.74, 6) is -0.166. The van der Waals surface area contributed by atoms with E-state index in [4.69, 9.17) is 11.5 Å². The van der Waals surface area contributed by atoms with Gasteiger partial charge in [-0.05, 0) is 30.2 Å². The number of hydrogen-bond acceptors (Lipinski definition) is 1. The summed E-state index contributed by atoms with van der Waals surface area (Å²) in [6.07, 6.45) is 2.54. The Hall–Kier alpha value is -1.31. The average Bonchev–Trinajstić information content (AvgIpc) is 2.60. The van der Waals surface area contributed by atoms with E-state index in [-0.39, 0.29) is 35.8 Å². The third kappa shape index (κ3) is 3.32. The molecule has 4 nitrogen and oxygen atoms in total. The maximum atomic E-state index is 13.1. The molecule has 2 rings (SSSR count). The lowest BCUT2D eigenvalue weighted by Gasteiger charge is -1.97. The van der Waals surface area contributed by atoms with Crippen molar-refractivity contribution in [2.75, 3.05) is 6.54 Å². The Bertz CT molecular complexity index is 531. The number of nitrogens with zero attached hydrogens (tertiary/aromatic N) is 1. The van der Waals surface area contributed by atoms with Crippen molar-refractivity contribution in [1.29, 1.82) is 0 Å². The van der Waals surface area contributed by atoms with Gasteiger partial charge in [0.2, 0.25) is 0 Å². The van der Waals surface area contributed by atoms with E-state index in [0.717, 1.165) is 16.5 Å². The minimum atomic E-state index is -0.241. The van der Waals surface area contributed by atoms with Gasteiger partial charge in [0.25, 0.3) is 0 Å². The molecule has 0 saturated heterocycles. The first-order valence-corrected chi connectivity index (χ1v) is 4.98. The van der Waals surface area contributed by atoms with Gasteiger partial charge >= 0.3 is 0 Å². The summed E-state index contributed by atoms with van der Waals surface area (Å²) < 4.78 is 13.1. The maximum absolute atomic E-state index is 13.1. The molecule has 0 unspecified atom stereocenters.